The van der Waals surface area contributed by atoms with Crippen molar-refractivity contribution < 1.29 is 0 Å². The number of nitrogens with two attached hydrogens (primary N) is 1. The van der Waals surface area contributed by atoms with Crippen molar-refractivity contribution in [2.24, 2.45) is 5.73 Å². The van der Waals surface area contributed by atoms with Crippen LogP contribution < -0.4 is 10.6 Å². The molecule has 0 unspecified atom stereocenters. The Morgan fingerprint density at radius 3 is 2.79 bits per heavy atom. The van der Waals surface area contributed by atoms with Crippen molar-refractivity contribution in [2.75, 3.05) is 11.9 Å². The summed E-state index contributed by atoms with van der Waals surface area (Å²) in [6, 6.07) is 9.67. The van der Waals surface area contributed by atoms with Gasteiger partial charge in [0.2, 0.25) is 0 Å². The van der Waals surface area contributed by atoms with E-state index in [0.717, 1.165) is 10.0 Å². The van der Waals surface area contributed by atoms with Crippen LogP contribution in [0.1, 0.15) is 11.1 Å². The summed E-state index contributed by atoms with van der Waals surface area (Å²) < 4.78 is 1.04. The summed E-state index contributed by atoms with van der Waals surface area (Å²) in [5.41, 5.74) is 7.27. The molecule has 0 saturated carbocycles. The fourth-order valence-corrected chi connectivity index (χ4v) is 2.18. The van der Waals surface area contributed by atoms with Gasteiger partial charge in [-0.05, 0) is 17.7 Å². The van der Waals surface area contributed by atoms with Gasteiger partial charge in [-0.15, -0.1) is 5.10 Å². The minimum Gasteiger partial charge on any atom is -0.384 e. The lowest BCUT2D eigenvalue weighted by atomic mass is 10.2. The first-order valence-electron chi connectivity index (χ1n) is 5.70. The van der Waals surface area contributed by atoms with E-state index in [9.17, 15) is 0 Å². The molecule has 0 aliphatic rings. The first-order chi connectivity index (χ1) is 9.09. The third-order valence-corrected chi connectivity index (χ3v) is 3.49. The monoisotopic (exact) mass is 319 g/mol. The Balaban J connectivity index is 2.28. The van der Waals surface area contributed by atoms with Crippen LogP contribution >= 0.6 is 15.9 Å². The molecule has 3 N–H and O–H groups in total. The van der Waals surface area contributed by atoms with Crippen molar-refractivity contribution in [2.45, 2.75) is 6.54 Å². The van der Waals surface area contributed by atoms with Crippen molar-refractivity contribution in [3.8, 4) is 0 Å². The van der Waals surface area contributed by atoms with Crippen LogP contribution in [0, 0.1) is 5.41 Å². The fourth-order valence-electron chi connectivity index (χ4n) is 1.77. The SMILES string of the molecule is CN(Cc1ccccc1Br)c1nnccc1C(=N)N. The van der Waals surface area contributed by atoms with Gasteiger partial charge in [0.1, 0.15) is 5.84 Å². The molecule has 1 heterocycles. The van der Waals surface area contributed by atoms with Gasteiger partial charge in [0.25, 0.3) is 0 Å². The van der Waals surface area contributed by atoms with Crippen LogP contribution in [0.15, 0.2) is 41.0 Å². The molecule has 19 heavy (non-hydrogen) atoms. The predicted octanol–water partition coefficient (Wildman–Crippen LogP) is 2.16. The van der Waals surface area contributed by atoms with E-state index < -0.39 is 0 Å². The number of hydrogen-bond acceptors (Lipinski definition) is 4. The normalized spacial score (nSPS) is 10.2. The molecule has 0 aliphatic carbocycles. The summed E-state index contributed by atoms with van der Waals surface area (Å²) >= 11 is 3.52. The van der Waals surface area contributed by atoms with Gasteiger partial charge in [0, 0.05) is 18.1 Å². The zero-order chi connectivity index (χ0) is 13.8. The lowest BCUT2D eigenvalue weighted by molar-refractivity contribution is 0.860. The van der Waals surface area contributed by atoms with Gasteiger partial charge in [-0.25, -0.2) is 0 Å². The molecule has 0 bridgehead atoms. The number of amidine groups is 1. The molecule has 6 heteroatoms. The number of nitrogen functional groups attached to an aromatic ring is 1. The average Bonchev–Trinajstić information content (AvgIpc) is 2.41. The van der Waals surface area contributed by atoms with Crippen LogP contribution in [0.4, 0.5) is 5.82 Å². The second-order valence-corrected chi connectivity index (χ2v) is 4.98. The standard InChI is InChI=1S/C13H14BrN5/c1-19(8-9-4-2-3-5-11(9)14)13-10(12(15)16)6-7-17-18-13/h2-7H,8H2,1H3,(H3,15,16). The fraction of sp³-hybridized carbons (Fsp3) is 0.154. The van der Waals surface area contributed by atoms with E-state index >= 15 is 0 Å². The second kappa shape index (κ2) is 5.79. The smallest absolute Gasteiger partial charge is 0.162 e. The molecule has 2 rings (SSSR count). The van der Waals surface area contributed by atoms with E-state index in [1.807, 2.05) is 36.2 Å². The predicted molar refractivity (Wildman–Crippen MR) is 79.3 cm³/mol. The Bertz CT molecular complexity index is 599. The van der Waals surface area contributed by atoms with Crippen LogP contribution in [0.3, 0.4) is 0 Å². The zero-order valence-corrected chi connectivity index (χ0v) is 12.1. The Morgan fingerprint density at radius 2 is 2.11 bits per heavy atom. The van der Waals surface area contributed by atoms with Gasteiger partial charge < -0.3 is 10.6 Å². The van der Waals surface area contributed by atoms with Crippen LogP contribution in [0.5, 0.6) is 0 Å². The maximum absolute atomic E-state index is 7.57. The molecule has 5 nitrogen and oxygen atoms in total. The number of halogens is 1. The Labute approximate surface area is 120 Å². The highest BCUT2D eigenvalue weighted by atomic mass is 79.9. The van der Waals surface area contributed by atoms with Crippen LogP contribution in [-0.4, -0.2) is 23.1 Å². The van der Waals surface area contributed by atoms with Crippen LogP contribution in [0.2, 0.25) is 0 Å². The molecule has 0 fully saturated rings. The highest BCUT2D eigenvalue weighted by Crippen LogP contribution is 2.21. The number of anilines is 1. The zero-order valence-electron chi connectivity index (χ0n) is 10.5. The summed E-state index contributed by atoms with van der Waals surface area (Å²) in [7, 11) is 1.90. The van der Waals surface area contributed by atoms with Crippen molar-refractivity contribution >= 4 is 27.6 Å². The molecule has 0 saturated heterocycles. The van der Waals surface area contributed by atoms with E-state index in [1.165, 1.54) is 6.20 Å². The third kappa shape index (κ3) is 3.08. The highest BCUT2D eigenvalue weighted by molar-refractivity contribution is 9.10. The van der Waals surface area contributed by atoms with E-state index in [1.54, 1.807) is 6.07 Å². The van der Waals surface area contributed by atoms with Gasteiger partial charge in [-0.1, -0.05) is 34.1 Å². The van der Waals surface area contributed by atoms with Gasteiger partial charge in [-0.3, -0.25) is 5.41 Å². The molecule has 1 aromatic heterocycles. The number of nitrogens with one attached hydrogen (secondary N) is 1. The summed E-state index contributed by atoms with van der Waals surface area (Å²) in [5, 5.41) is 15.5. The summed E-state index contributed by atoms with van der Waals surface area (Å²) in [4.78, 5) is 1.92. The molecule has 0 amide bonds. The Hall–Kier alpha value is -1.95. The van der Waals surface area contributed by atoms with Crippen LogP contribution in [-0.2, 0) is 6.54 Å². The highest BCUT2D eigenvalue weighted by Gasteiger charge is 2.12. The molecular formula is C13H14BrN5. The molecule has 0 atom stereocenters. The molecular weight excluding hydrogens is 306 g/mol. The lowest BCUT2D eigenvalue weighted by Gasteiger charge is -2.20. The largest absolute Gasteiger partial charge is 0.384 e. The van der Waals surface area contributed by atoms with Crippen molar-refractivity contribution in [1.29, 1.82) is 5.41 Å². The van der Waals surface area contributed by atoms with Gasteiger partial charge in [0.05, 0.1) is 11.8 Å². The maximum atomic E-state index is 7.57. The van der Waals surface area contributed by atoms with E-state index in [0.29, 0.717) is 17.9 Å². The number of hydrogen-bond donors (Lipinski definition) is 2. The van der Waals surface area contributed by atoms with Gasteiger partial charge in [-0.2, -0.15) is 5.10 Å². The Kier molecular flexibility index (Phi) is 4.11. The summed E-state index contributed by atoms with van der Waals surface area (Å²) in [6.45, 7) is 0.653. The topological polar surface area (TPSA) is 78.9 Å². The number of benzene rings is 1. The van der Waals surface area contributed by atoms with E-state index in [2.05, 4.69) is 26.1 Å². The van der Waals surface area contributed by atoms with Gasteiger partial charge >= 0.3 is 0 Å². The number of aromatic nitrogens is 2. The third-order valence-electron chi connectivity index (χ3n) is 2.72. The number of rotatable bonds is 4. The minimum atomic E-state index is -0.0103. The van der Waals surface area contributed by atoms with E-state index in [-0.39, 0.29) is 5.84 Å². The van der Waals surface area contributed by atoms with Crippen LogP contribution in [0.25, 0.3) is 0 Å². The summed E-state index contributed by atoms with van der Waals surface area (Å²) in [5.74, 6) is 0.592. The second-order valence-electron chi connectivity index (χ2n) is 4.13. The first kappa shape index (κ1) is 13.5. The molecule has 1 aromatic carbocycles. The average molecular weight is 320 g/mol. The molecule has 98 valence electrons. The minimum absolute atomic E-state index is 0.0103. The number of nitrogens with zero attached hydrogens (tertiary/aromatic N) is 3. The van der Waals surface area contributed by atoms with Gasteiger partial charge in [0.15, 0.2) is 5.82 Å². The van der Waals surface area contributed by atoms with E-state index in [4.69, 9.17) is 11.1 Å². The maximum Gasteiger partial charge on any atom is 0.162 e. The molecule has 0 spiro atoms. The summed E-state index contributed by atoms with van der Waals surface area (Å²) in [6.07, 6.45) is 1.53. The van der Waals surface area contributed by atoms with Crippen molar-refractivity contribution in [3.63, 3.8) is 0 Å². The molecule has 0 radical (unpaired) electrons. The first-order valence-corrected chi connectivity index (χ1v) is 6.49. The van der Waals surface area contributed by atoms with Crippen molar-refractivity contribution in [1.82, 2.24) is 10.2 Å². The Morgan fingerprint density at radius 1 is 1.37 bits per heavy atom. The lowest BCUT2D eigenvalue weighted by Crippen LogP contribution is -2.23. The van der Waals surface area contributed by atoms with Crippen molar-refractivity contribution in [3.05, 3.63) is 52.1 Å². The quantitative estimate of drug-likeness (QED) is 0.668. The molecule has 0 aliphatic heterocycles. The molecule has 2 aromatic rings.